The maximum absolute atomic E-state index is 12.8. The Morgan fingerprint density at radius 1 is 1.15 bits per heavy atom. The first-order valence-electron chi connectivity index (χ1n) is 7.83. The fraction of sp³-hybridized carbons (Fsp3) is 0.105. The molecular formula is C19H18N4O2S. The largest absolute Gasteiger partial charge is 0.497 e. The van der Waals surface area contributed by atoms with Crippen LogP contribution in [0.25, 0.3) is 11.3 Å². The van der Waals surface area contributed by atoms with Crippen molar-refractivity contribution in [3.8, 4) is 17.0 Å². The molecule has 0 unspecified atom stereocenters. The van der Waals surface area contributed by atoms with E-state index in [1.54, 1.807) is 19.2 Å². The molecule has 1 heterocycles. The molecule has 0 spiro atoms. The molecule has 0 aliphatic heterocycles. The summed E-state index contributed by atoms with van der Waals surface area (Å²) in [5.41, 5.74) is 8.68. The Balaban J connectivity index is 2.00. The van der Waals surface area contributed by atoms with E-state index in [9.17, 15) is 4.79 Å². The van der Waals surface area contributed by atoms with Gasteiger partial charge in [0.1, 0.15) is 5.75 Å². The molecule has 0 atom stereocenters. The van der Waals surface area contributed by atoms with Gasteiger partial charge in [-0.15, -0.1) is 0 Å². The van der Waals surface area contributed by atoms with Crippen molar-refractivity contribution in [2.24, 2.45) is 0 Å². The number of carbonyl (C=O) groups excluding carboxylic acids is 1. The topological polar surface area (TPSA) is 90.1 Å². The SMILES string of the molecule is COc1ccc(-c2nc(SC)ncc2C(=O)Nc2ccccc2N)cc1. The van der Waals surface area contributed by atoms with Crippen molar-refractivity contribution in [3.05, 3.63) is 60.3 Å². The molecule has 0 bridgehead atoms. The molecule has 0 saturated carbocycles. The molecule has 0 aliphatic carbocycles. The number of ether oxygens (including phenoxy) is 1. The highest BCUT2D eigenvalue weighted by Crippen LogP contribution is 2.27. The zero-order valence-electron chi connectivity index (χ0n) is 14.4. The number of rotatable bonds is 5. The molecule has 0 fully saturated rings. The van der Waals surface area contributed by atoms with Crippen LogP contribution in [0.5, 0.6) is 5.75 Å². The number of para-hydroxylation sites is 2. The van der Waals surface area contributed by atoms with Gasteiger partial charge in [0.15, 0.2) is 5.16 Å². The van der Waals surface area contributed by atoms with Crippen LogP contribution in [-0.4, -0.2) is 29.2 Å². The van der Waals surface area contributed by atoms with Crippen LogP contribution in [0.2, 0.25) is 0 Å². The number of nitrogens with two attached hydrogens (primary N) is 1. The summed E-state index contributed by atoms with van der Waals surface area (Å²) in [7, 11) is 1.61. The van der Waals surface area contributed by atoms with Crippen molar-refractivity contribution < 1.29 is 9.53 Å². The lowest BCUT2D eigenvalue weighted by molar-refractivity contribution is 0.102. The summed E-state index contributed by atoms with van der Waals surface area (Å²) in [6.45, 7) is 0. The minimum absolute atomic E-state index is 0.318. The highest BCUT2D eigenvalue weighted by atomic mass is 32.2. The van der Waals surface area contributed by atoms with Crippen molar-refractivity contribution in [2.45, 2.75) is 5.16 Å². The number of nitrogen functional groups attached to an aromatic ring is 1. The number of aromatic nitrogens is 2. The molecule has 6 nitrogen and oxygen atoms in total. The van der Waals surface area contributed by atoms with Crippen molar-refractivity contribution in [2.75, 3.05) is 24.4 Å². The van der Waals surface area contributed by atoms with Crippen LogP contribution in [0.4, 0.5) is 11.4 Å². The summed E-state index contributed by atoms with van der Waals surface area (Å²) in [6, 6.07) is 14.5. The van der Waals surface area contributed by atoms with E-state index >= 15 is 0 Å². The maximum atomic E-state index is 12.8. The van der Waals surface area contributed by atoms with Crippen LogP contribution < -0.4 is 15.8 Å². The van der Waals surface area contributed by atoms with Gasteiger partial charge in [-0.1, -0.05) is 23.9 Å². The van der Waals surface area contributed by atoms with Crippen LogP contribution in [0.3, 0.4) is 0 Å². The first-order valence-corrected chi connectivity index (χ1v) is 9.06. The second kappa shape index (κ2) is 7.88. The van der Waals surface area contributed by atoms with Gasteiger partial charge in [-0.3, -0.25) is 4.79 Å². The Bertz CT molecular complexity index is 929. The minimum Gasteiger partial charge on any atom is -0.497 e. The summed E-state index contributed by atoms with van der Waals surface area (Å²) < 4.78 is 5.19. The van der Waals surface area contributed by atoms with E-state index in [0.29, 0.717) is 27.8 Å². The molecule has 3 N–H and O–H groups in total. The standard InChI is InChI=1S/C19H18N4O2S/c1-25-13-9-7-12(8-10-13)17-14(11-21-19(23-17)26-2)18(24)22-16-6-4-3-5-15(16)20/h3-11H,20H2,1-2H3,(H,22,24). The zero-order chi connectivity index (χ0) is 18.5. The number of benzene rings is 2. The van der Waals surface area contributed by atoms with Gasteiger partial charge in [-0.2, -0.15) is 0 Å². The third-order valence-corrected chi connectivity index (χ3v) is 4.33. The van der Waals surface area contributed by atoms with Crippen LogP contribution >= 0.6 is 11.8 Å². The van der Waals surface area contributed by atoms with E-state index in [0.717, 1.165) is 11.3 Å². The van der Waals surface area contributed by atoms with E-state index in [4.69, 9.17) is 10.5 Å². The maximum Gasteiger partial charge on any atom is 0.259 e. The number of methoxy groups -OCH3 is 1. The summed E-state index contributed by atoms with van der Waals surface area (Å²) in [5, 5.41) is 3.41. The molecule has 26 heavy (non-hydrogen) atoms. The number of nitrogens with one attached hydrogen (secondary N) is 1. The summed E-state index contributed by atoms with van der Waals surface area (Å²) >= 11 is 1.41. The predicted octanol–water partition coefficient (Wildman–Crippen LogP) is 3.71. The van der Waals surface area contributed by atoms with Gasteiger partial charge >= 0.3 is 0 Å². The summed E-state index contributed by atoms with van der Waals surface area (Å²) in [4.78, 5) is 21.6. The van der Waals surface area contributed by atoms with Crippen molar-refractivity contribution >= 4 is 29.0 Å². The molecule has 1 amide bonds. The fourth-order valence-electron chi connectivity index (χ4n) is 2.40. The highest BCUT2D eigenvalue weighted by molar-refractivity contribution is 7.98. The van der Waals surface area contributed by atoms with Crippen molar-refractivity contribution in [3.63, 3.8) is 0 Å². The minimum atomic E-state index is -0.318. The second-order valence-corrected chi connectivity index (χ2v) is 6.16. The Labute approximate surface area is 155 Å². The summed E-state index contributed by atoms with van der Waals surface area (Å²) in [6.07, 6.45) is 3.42. The van der Waals surface area contributed by atoms with Gasteiger partial charge in [-0.25, -0.2) is 9.97 Å². The molecule has 0 aliphatic rings. The average molecular weight is 366 g/mol. The zero-order valence-corrected chi connectivity index (χ0v) is 15.2. The van der Waals surface area contributed by atoms with Crippen LogP contribution in [0, 0.1) is 0 Å². The van der Waals surface area contributed by atoms with E-state index in [2.05, 4.69) is 15.3 Å². The number of anilines is 2. The lowest BCUT2D eigenvalue weighted by atomic mass is 10.1. The first kappa shape index (κ1) is 17.8. The molecule has 3 rings (SSSR count). The molecule has 2 aromatic carbocycles. The fourth-order valence-corrected chi connectivity index (χ4v) is 2.74. The normalized spacial score (nSPS) is 10.4. The Kier molecular flexibility index (Phi) is 5.38. The van der Waals surface area contributed by atoms with Gasteiger partial charge in [-0.05, 0) is 42.7 Å². The third kappa shape index (κ3) is 3.78. The number of nitrogens with zero attached hydrogens (tertiary/aromatic N) is 2. The number of carbonyl (C=O) groups is 1. The van der Waals surface area contributed by atoms with Gasteiger partial charge in [0.2, 0.25) is 0 Å². The quantitative estimate of drug-likeness (QED) is 0.406. The van der Waals surface area contributed by atoms with Gasteiger partial charge < -0.3 is 15.8 Å². The highest BCUT2D eigenvalue weighted by Gasteiger charge is 2.17. The molecule has 7 heteroatoms. The first-order chi connectivity index (χ1) is 12.6. The number of hydrogen-bond donors (Lipinski definition) is 2. The van der Waals surface area contributed by atoms with Crippen LogP contribution in [0.1, 0.15) is 10.4 Å². The number of hydrogen-bond acceptors (Lipinski definition) is 6. The summed E-state index contributed by atoms with van der Waals surface area (Å²) in [5.74, 6) is 0.414. The molecule has 1 aromatic heterocycles. The Hall–Kier alpha value is -3.06. The predicted molar refractivity (Wildman–Crippen MR) is 105 cm³/mol. The van der Waals surface area contributed by atoms with E-state index in [-0.39, 0.29) is 5.91 Å². The molecule has 0 saturated heterocycles. The van der Waals surface area contributed by atoms with Crippen LogP contribution in [0.15, 0.2) is 59.9 Å². The van der Waals surface area contributed by atoms with Crippen molar-refractivity contribution in [1.82, 2.24) is 9.97 Å². The molecule has 132 valence electrons. The second-order valence-electron chi connectivity index (χ2n) is 5.39. The molecular weight excluding hydrogens is 348 g/mol. The van der Waals surface area contributed by atoms with Crippen LogP contribution in [-0.2, 0) is 0 Å². The average Bonchev–Trinajstić information content (AvgIpc) is 2.69. The van der Waals surface area contributed by atoms with Gasteiger partial charge in [0.25, 0.3) is 5.91 Å². The van der Waals surface area contributed by atoms with E-state index < -0.39 is 0 Å². The lowest BCUT2D eigenvalue weighted by Gasteiger charge is -2.12. The third-order valence-electron chi connectivity index (χ3n) is 3.77. The van der Waals surface area contributed by atoms with Gasteiger partial charge in [0, 0.05) is 11.8 Å². The van der Waals surface area contributed by atoms with Crippen molar-refractivity contribution in [1.29, 1.82) is 0 Å². The molecule has 3 aromatic rings. The van der Waals surface area contributed by atoms with E-state index in [1.165, 1.54) is 18.0 Å². The molecule has 0 radical (unpaired) electrons. The Morgan fingerprint density at radius 3 is 2.54 bits per heavy atom. The lowest BCUT2D eigenvalue weighted by Crippen LogP contribution is -2.15. The Morgan fingerprint density at radius 2 is 1.88 bits per heavy atom. The van der Waals surface area contributed by atoms with Gasteiger partial charge in [0.05, 0.1) is 29.7 Å². The van der Waals surface area contributed by atoms with E-state index in [1.807, 2.05) is 42.7 Å². The smallest absolute Gasteiger partial charge is 0.259 e. The monoisotopic (exact) mass is 366 g/mol. The number of amides is 1. The number of thioether (sulfide) groups is 1.